The Morgan fingerprint density at radius 3 is 2.44 bits per heavy atom. The van der Waals surface area contributed by atoms with Gasteiger partial charge < -0.3 is 14.8 Å². The minimum absolute atomic E-state index is 0.0556. The van der Waals surface area contributed by atoms with Crippen LogP contribution in [0.25, 0.3) is 0 Å². The van der Waals surface area contributed by atoms with Crippen LogP contribution < -0.4 is 5.32 Å². The molecule has 0 heterocycles. The van der Waals surface area contributed by atoms with Crippen LogP contribution in [0.15, 0.2) is 0 Å². The molecule has 0 aliphatic heterocycles. The summed E-state index contributed by atoms with van der Waals surface area (Å²) in [6.07, 6.45) is 1.45. The summed E-state index contributed by atoms with van der Waals surface area (Å²) in [4.78, 5) is 23.2. The van der Waals surface area contributed by atoms with E-state index in [1.165, 1.54) is 7.11 Å². The number of alkyl carbamates (subject to hydrolysis) is 1. The molecule has 5 nitrogen and oxygen atoms in total. The number of methoxy groups -OCH3 is 1. The second-order valence-electron chi connectivity index (χ2n) is 6.12. The summed E-state index contributed by atoms with van der Waals surface area (Å²) in [5.74, 6) is 0.447. The van der Waals surface area contributed by atoms with E-state index in [9.17, 15) is 9.59 Å². The molecule has 2 saturated carbocycles. The molecule has 1 amide bonds. The Hall–Kier alpha value is -1.26. The zero-order valence-electron chi connectivity index (χ0n) is 11.4. The molecule has 2 rings (SSSR count). The van der Waals surface area contributed by atoms with Crippen LogP contribution in [-0.2, 0) is 14.3 Å². The summed E-state index contributed by atoms with van der Waals surface area (Å²) in [5.41, 5.74) is -0.490. The van der Waals surface area contributed by atoms with Crippen molar-refractivity contribution in [3.8, 4) is 0 Å². The van der Waals surface area contributed by atoms with Crippen LogP contribution in [0.4, 0.5) is 4.79 Å². The fourth-order valence-electron chi connectivity index (χ4n) is 2.96. The first-order chi connectivity index (χ1) is 8.33. The van der Waals surface area contributed by atoms with E-state index in [0.29, 0.717) is 5.92 Å². The summed E-state index contributed by atoms with van der Waals surface area (Å²) in [6.45, 7) is 5.49. The van der Waals surface area contributed by atoms with Crippen molar-refractivity contribution in [3.05, 3.63) is 0 Å². The lowest BCUT2D eigenvalue weighted by Gasteiger charge is -2.20. The molecule has 0 spiro atoms. The van der Waals surface area contributed by atoms with Crippen molar-refractivity contribution in [3.63, 3.8) is 0 Å². The van der Waals surface area contributed by atoms with Gasteiger partial charge in [0.05, 0.1) is 13.0 Å². The Labute approximate surface area is 107 Å². The van der Waals surface area contributed by atoms with E-state index in [1.54, 1.807) is 0 Å². The zero-order valence-corrected chi connectivity index (χ0v) is 11.4. The molecule has 0 radical (unpaired) electrons. The molecular formula is C13H21NO4. The normalized spacial score (nSPS) is 33.6. The number of rotatable bonds is 2. The van der Waals surface area contributed by atoms with Crippen LogP contribution in [0, 0.1) is 17.8 Å². The SMILES string of the molecule is COC(=O)C1CC[C@H]2[C@@H](NC(=O)OC(C)(C)C)[C@H]12. The monoisotopic (exact) mass is 255 g/mol. The maximum Gasteiger partial charge on any atom is 0.407 e. The first kappa shape index (κ1) is 13.2. The number of carbonyl (C=O) groups excluding carboxylic acids is 2. The van der Waals surface area contributed by atoms with Gasteiger partial charge in [-0.2, -0.15) is 0 Å². The van der Waals surface area contributed by atoms with Gasteiger partial charge in [0.2, 0.25) is 0 Å². The Kier molecular flexibility index (Phi) is 3.25. The molecule has 0 aromatic carbocycles. The fraction of sp³-hybridized carbons (Fsp3) is 0.846. The van der Waals surface area contributed by atoms with Crippen molar-refractivity contribution in [1.82, 2.24) is 5.32 Å². The molecule has 0 aromatic heterocycles. The first-order valence-corrected chi connectivity index (χ1v) is 6.41. The lowest BCUT2D eigenvalue weighted by atomic mass is 10.0. The van der Waals surface area contributed by atoms with E-state index in [1.807, 2.05) is 20.8 Å². The van der Waals surface area contributed by atoms with Gasteiger partial charge in [-0.25, -0.2) is 4.79 Å². The zero-order chi connectivity index (χ0) is 13.5. The number of nitrogens with one attached hydrogen (secondary N) is 1. The van der Waals surface area contributed by atoms with Gasteiger partial charge in [-0.15, -0.1) is 0 Å². The van der Waals surface area contributed by atoms with Crippen molar-refractivity contribution >= 4 is 12.1 Å². The van der Waals surface area contributed by atoms with E-state index in [4.69, 9.17) is 9.47 Å². The third kappa shape index (κ3) is 2.60. The number of fused-ring (bicyclic) bond motifs is 1. The third-order valence-electron chi connectivity index (χ3n) is 3.69. The molecule has 2 aliphatic rings. The van der Waals surface area contributed by atoms with Crippen molar-refractivity contribution in [1.29, 1.82) is 0 Å². The summed E-state index contributed by atoms with van der Waals surface area (Å²) in [5, 5.41) is 2.85. The lowest BCUT2D eigenvalue weighted by molar-refractivity contribution is -0.146. The molecule has 18 heavy (non-hydrogen) atoms. The molecule has 5 heteroatoms. The second kappa shape index (κ2) is 4.44. The molecular weight excluding hydrogens is 234 g/mol. The average molecular weight is 255 g/mol. The molecule has 2 aliphatic carbocycles. The van der Waals surface area contributed by atoms with E-state index < -0.39 is 11.7 Å². The number of esters is 1. The Bertz CT molecular complexity index is 360. The van der Waals surface area contributed by atoms with Crippen LogP contribution in [0.1, 0.15) is 33.6 Å². The van der Waals surface area contributed by atoms with Crippen molar-refractivity contribution < 1.29 is 19.1 Å². The summed E-state index contributed by atoms with van der Waals surface area (Å²) in [7, 11) is 1.41. The van der Waals surface area contributed by atoms with E-state index in [0.717, 1.165) is 12.8 Å². The summed E-state index contributed by atoms with van der Waals surface area (Å²) < 4.78 is 9.99. The maximum absolute atomic E-state index is 11.6. The fourth-order valence-corrected chi connectivity index (χ4v) is 2.96. The molecule has 4 atom stereocenters. The minimum Gasteiger partial charge on any atom is -0.469 e. The average Bonchev–Trinajstić information content (AvgIpc) is 2.73. The van der Waals surface area contributed by atoms with Gasteiger partial charge in [0.15, 0.2) is 0 Å². The van der Waals surface area contributed by atoms with Crippen LogP contribution >= 0.6 is 0 Å². The van der Waals surface area contributed by atoms with Gasteiger partial charge in [-0.3, -0.25) is 4.79 Å². The number of amides is 1. The number of hydrogen-bond donors (Lipinski definition) is 1. The maximum atomic E-state index is 11.6. The largest absolute Gasteiger partial charge is 0.469 e. The van der Waals surface area contributed by atoms with E-state index >= 15 is 0 Å². The van der Waals surface area contributed by atoms with Crippen molar-refractivity contribution in [2.75, 3.05) is 7.11 Å². The second-order valence-corrected chi connectivity index (χ2v) is 6.12. The minimum atomic E-state index is -0.490. The molecule has 1 unspecified atom stereocenters. The highest BCUT2D eigenvalue weighted by Crippen LogP contribution is 2.55. The van der Waals surface area contributed by atoms with Gasteiger partial charge in [0.1, 0.15) is 5.60 Å². The predicted octanol–water partition coefficient (Wildman–Crippen LogP) is 1.71. The molecule has 0 bridgehead atoms. The smallest absolute Gasteiger partial charge is 0.407 e. The summed E-state index contributed by atoms with van der Waals surface area (Å²) in [6, 6.07) is 0.0812. The quantitative estimate of drug-likeness (QED) is 0.763. The predicted molar refractivity (Wildman–Crippen MR) is 64.9 cm³/mol. The molecule has 2 fully saturated rings. The van der Waals surface area contributed by atoms with Gasteiger partial charge in [0.25, 0.3) is 0 Å². The van der Waals surface area contributed by atoms with Crippen LogP contribution in [0.5, 0.6) is 0 Å². The molecule has 0 aromatic rings. The van der Waals surface area contributed by atoms with E-state index in [-0.39, 0.29) is 23.8 Å². The topological polar surface area (TPSA) is 64.6 Å². The lowest BCUT2D eigenvalue weighted by Crippen LogP contribution is -2.36. The molecule has 1 N–H and O–H groups in total. The number of hydrogen-bond acceptors (Lipinski definition) is 4. The van der Waals surface area contributed by atoms with Gasteiger partial charge in [0, 0.05) is 6.04 Å². The van der Waals surface area contributed by atoms with Gasteiger partial charge in [-0.1, -0.05) is 0 Å². The third-order valence-corrected chi connectivity index (χ3v) is 3.69. The van der Waals surface area contributed by atoms with Gasteiger partial charge in [-0.05, 0) is 45.4 Å². The van der Waals surface area contributed by atoms with Gasteiger partial charge >= 0.3 is 12.1 Å². The Morgan fingerprint density at radius 2 is 1.89 bits per heavy atom. The standard InChI is InChI=1S/C13H21NO4/c1-13(2,3)18-12(16)14-10-7-5-6-8(9(7)10)11(15)17-4/h7-10H,5-6H2,1-4H3,(H,14,16)/t7-,8?,9+,10-/m1/s1. The van der Waals surface area contributed by atoms with Crippen LogP contribution in [0.3, 0.4) is 0 Å². The molecule has 0 saturated heterocycles. The van der Waals surface area contributed by atoms with Crippen molar-refractivity contribution in [2.45, 2.75) is 45.3 Å². The Morgan fingerprint density at radius 1 is 1.22 bits per heavy atom. The van der Waals surface area contributed by atoms with Crippen molar-refractivity contribution in [2.24, 2.45) is 17.8 Å². The highest BCUT2D eigenvalue weighted by molar-refractivity contribution is 5.75. The first-order valence-electron chi connectivity index (χ1n) is 6.41. The highest BCUT2D eigenvalue weighted by atomic mass is 16.6. The molecule has 102 valence electrons. The van der Waals surface area contributed by atoms with Crippen LogP contribution in [0.2, 0.25) is 0 Å². The number of ether oxygens (including phenoxy) is 2. The highest BCUT2D eigenvalue weighted by Gasteiger charge is 2.61. The van der Waals surface area contributed by atoms with E-state index in [2.05, 4.69) is 5.32 Å². The van der Waals surface area contributed by atoms with Crippen LogP contribution in [-0.4, -0.2) is 30.8 Å². The summed E-state index contributed by atoms with van der Waals surface area (Å²) >= 11 is 0. The number of carbonyl (C=O) groups is 2. The Balaban J connectivity index is 1.84.